The third-order valence-electron chi connectivity index (χ3n) is 4.47. The molecule has 0 bridgehead atoms. The number of aliphatic hydroxyl groups is 1. The Morgan fingerprint density at radius 3 is 2.72 bits per heavy atom. The van der Waals surface area contributed by atoms with Gasteiger partial charge >= 0.3 is 0 Å². The summed E-state index contributed by atoms with van der Waals surface area (Å²) in [6.07, 6.45) is 2.33. The van der Waals surface area contributed by atoms with Crippen LogP contribution in [0.5, 0.6) is 5.75 Å². The van der Waals surface area contributed by atoms with Crippen molar-refractivity contribution in [2.45, 2.75) is 38.7 Å². The molecule has 0 fully saturated rings. The molecule has 0 heterocycles. The quantitative estimate of drug-likeness (QED) is 0.860. The molecule has 18 heavy (non-hydrogen) atoms. The van der Waals surface area contributed by atoms with Gasteiger partial charge in [0, 0.05) is 18.4 Å². The molecule has 1 aromatic carbocycles. The lowest BCUT2D eigenvalue weighted by molar-refractivity contribution is -0.0725. The van der Waals surface area contributed by atoms with E-state index >= 15 is 0 Å². The van der Waals surface area contributed by atoms with Gasteiger partial charge in [-0.25, -0.2) is 0 Å². The molecule has 0 aromatic heterocycles. The van der Waals surface area contributed by atoms with Gasteiger partial charge in [0.1, 0.15) is 5.75 Å². The van der Waals surface area contributed by atoms with Crippen LogP contribution in [0.15, 0.2) is 18.2 Å². The van der Waals surface area contributed by atoms with Crippen molar-refractivity contribution in [3.63, 3.8) is 0 Å². The molecule has 1 aromatic rings. The molecule has 1 aliphatic rings. The minimum atomic E-state index is -0.721. The van der Waals surface area contributed by atoms with E-state index in [9.17, 15) is 5.11 Å². The normalized spacial score (nSPS) is 23.6. The number of nitrogens with two attached hydrogens (primary N) is 1. The summed E-state index contributed by atoms with van der Waals surface area (Å²) in [7, 11) is 1.67. The van der Waals surface area contributed by atoms with Crippen molar-refractivity contribution in [1.29, 1.82) is 0 Å². The van der Waals surface area contributed by atoms with E-state index in [0.29, 0.717) is 13.0 Å². The predicted molar refractivity (Wildman–Crippen MR) is 72.8 cm³/mol. The lowest BCUT2D eigenvalue weighted by Gasteiger charge is -2.45. The average molecular weight is 249 g/mol. The highest BCUT2D eigenvalue weighted by Crippen LogP contribution is 2.41. The Balaban J connectivity index is 2.33. The van der Waals surface area contributed by atoms with E-state index < -0.39 is 5.60 Å². The molecule has 3 N–H and O–H groups in total. The first kappa shape index (κ1) is 13.4. The Kier molecular flexibility index (Phi) is 3.39. The Bertz CT molecular complexity index is 442. The molecule has 1 unspecified atom stereocenters. The van der Waals surface area contributed by atoms with Crippen LogP contribution < -0.4 is 10.5 Å². The van der Waals surface area contributed by atoms with Crippen molar-refractivity contribution in [3.05, 3.63) is 29.3 Å². The number of fused-ring (bicyclic) bond motifs is 1. The number of ether oxygens (including phenoxy) is 1. The van der Waals surface area contributed by atoms with E-state index in [4.69, 9.17) is 10.5 Å². The summed E-state index contributed by atoms with van der Waals surface area (Å²) in [4.78, 5) is 0. The smallest absolute Gasteiger partial charge is 0.119 e. The fourth-order valence-electron chi connectivity index (χ4n) is 2.65. The van der Waals surface area contributed by atoms with E-state index in [1.807, 2.05) is 26.0 Å². The van der Waals surface area contributed by atoms with E-state index in [1.165, 1.54) is 11.1 Å². The Morgan fingerprint density at radius 2 is 2.11 bits per heavy atom. The molecule has 100 valence electrons. The molecule has 3 heteroatoms. The van der Waals surface area contributed by atoms with Gasteiger partial charge in [0.15, 0.2) is 0 Å². The van der Waals surface area contributed by atoms with Crippen LogP contribution in [-0.4, -0.2) is 24.4 Å². The highest BCUT2D eigenvalue weighted by atomic mass is 16.5. The van der Waals surface area contributed by atoms with Crippen molar-refractivity contribution in [2.24, 2.45) is 11.1 Å². The minimum Gasteiger partial charge on any atom is -0.497 e. The summed E-state index contributed by atoms with van der Waals surface area (Å²) in [5, 5.41) is 10.9. The number of methoxy groups -OCH3 is 1. The topological polar surface area (TPSA) is 55.5 Å². The van der Waals surface area contributed by atoms with Crippen LogP contribution in [0, 0.1) is 5.41 Å². The Morgan fingerprint density at radius 1 is 1.39 bits per heavy atom. The van der Waals surface area contributed by atoms with Crippen LogP contribution in [0.1, 0.15) is 31.4 Å². The van der Waals surface area contributed by atoms with Crippen molar-refractivity contribution >= 4 is 0 Å². The maximum atomic E-state index is 10.9. The van der Waals surface area contributed by atoms with E-state index in [2.05, 4.69) is 6.07 Å². The number of hydrogen-bond donors (Lipinski definition) is 2. The number of rotatable bonds is 3. The summed E-state index contributed by atoms with van der Waals surface area (Å²) < 4.78 is 5.25. The molecule has 3 nitrogen and oxygen atoms in total. The summed E-state index contributed by atoms with van der Waals surface area (Å²) in [5.41, 5.74) is 7.32. The monoisotopic (exact) mass is 249 g/mol. The molecule has 0 aliphatic heterocycles. The molecular weight excluding hydrogens is 226 g/mol. The fraction of sp³-hybridized carbons (Fsp3) is 0.600. The lowest BCUT2D eigenvalue weighted by atomic mass is 9.66. The van der Waals surface area contributed by atoms with Gasteiger partial charge in [0.05, 0.1) is 12.7 Å². The molecule has 0 spiro atoms. The van der Waals surface area contributed by atoms with E-state index in [-0.39, 0.29) is 5.41 Å². The summed E-state index contributed by atoms with van der Waals surface area (Å²) >= 11 is 0. The zero-order valence-corrected chi connectivity index (χ0v) is 11.5. The largest absolute Gasteiger partial charge is 0.497 e. The van der Waals surface area contributed by atoms with Gasteiger partial charge in [-0.3, -0.25) is 0 Å². The highest BCUT2D eigenvalue weighted by molar-refractivity contribution is 5.39. The fourth-order valence-corrected chi connectivity index (χ4v) is 2.65. The SMILES string of the molecule is COc1ccc2c(c1)CC(O)(C(C)(C)CN)CC2. The van der Waals surface area contributed by atoms with Gasteiger partial charge in [0.25, 0.3) is 0 Å². The Labute approximate surface area is 109 Å². The standard InChI is InChI=1S/C15H23NO2/c1-14(2,10-16)15(17)7-6-11-4-5-13(18-3)8-12(11)9-15/h4-5,8,17H,6-7,9-10,16H2,1-3H3. The molecule has 0 saturated heterocycles. The molecule has 0 saturated carbocycles. The second kappa shape index (κ2) is 4.56. The molecule has 0 radical (unpaired) electrons. The first-order valence-electron chi connectivity index (χ1n) is 6.50. The molecule has 1 atom stereocenters. The Hall–Kier alpha value is -1.06. The van der Waals surface area contributed by atoms with E-state index in [1.54, 1.807) is 7.11 Å². The minimum absolute atomic E-state index is 0.270. The maximum Gasteiger partial charge on any atom is 0.119 e. The van der Waals surface area contributed by atoms with Crippen molar-refractivity contribution in [3.8, 4) is 5.75 Å². The second-order valence-corrected chi connectivity index (χ2v) is 5.93. The van der Waals surface area contributed by atoms with Gasteiger partial charge < -0.3 is 15.6 Å². The van der Waals surface area contributed by atoms with Crippen LogP contribution in [-0.2, 0) is 12.8 Å². The number of benzene rings is 1. The third kappa shape index (κ3) is 2.13. The van der Waals surface area contributed by atoms with Crippen LogP contribution >= 0.6 is 0 Å². The summed E-state index contributed by atoms with van der Waals surface area (Å²) in [5.74, 6) is 0.851. The molecule has 0 amide bonds. The first-order valence-corrected chi connectivity index (χ1v) is 6.50. The molecular formula is C15H23NO2. The van der Waals surface area contributed by atoms with Crippen molar-refractivity contribution in [1.82, 2.24) is 0 Å². The predicted octanol–water partition coefficient (Wildman–Crippen LogP) is 1.90. The van der Waals surface area contributed by atoms with Gasteiger partial charge in [0.2, 0.25) is 0 Å². The van der Waals surface area contributed by atoms with Crippen LogP contribution in [0.3, 0.4) is 0 Å². The zero-order chi connectivity index (χ0) is 13.4. The zero-order valence-electron chi connectivity index (χ0n) is 11.5. The van der Waals surface area contributed by atoms with Crippen molar-refractivity contribution in [2.75, 3.05) is 13.7 Å². The summed E-state index contributed by atoms with van der Waals surface area (Å²) in [6.45, 7) is 4.57. The lowest BCUT2D eigenvalue weighted by Crippen LogP contribution is -2.52. The van der Waals surface area contributed by atoms with Crippen LogP contribution in [0.4, 0.5) is 0 Å². The van der Waals surface area contributed by atoms with Gasteiger partial charge in [-0.05, 0) is 36.1 Å². The highest BCUT2D eigenvalue weighted by Gasteiger charge is 2.44. The van der Waals surface area contributed by atoms with E-state index in [0.717, 1.165) is 18.6 Å². The van der Waals surface area contributed by atoms with Crippen LogP contribution in [0.25, 0.3) is 0 Å². The molecule has 1 aliphatic carbocycles. The maximum absolute atomic E-state index is 10.9. The van der Waals surface area contributed by atoms with Crippen molar-refractivity contribution < 1.29 is 9.84 Å². The summed E-state index contributed by atoms with van der Waals surface area (Å²) in [6, 6.07) is 6.12. The molecule has 2 rings (SSSR count). The average Bonchev–Trinajstić information content (AvgIpc) is 2.37. The first-order chi connectivity index (χ1) is 8.42. The third-order valence-corrected chi connectivity index (χ3v) is 4.47. The second-order valence-electron chi connectivity index (χ2n) is 5.93. The van der Waals surface area contributed by atoms with Gasteiger partial charge in [-0.1, -0.05) is 19.9 Å². The number of hydrogen-bond acceptors (Lipinski definition) is 3. The number of aryl methyl sites for hydroxylation is 1. The van der Waals surface area contributed by atoms with Gasteiger partial charge in [-0.15, -0.1) is 0 Å². The van der Waals surface area contributed by atoms with Gasteiger partial charge in [-0.2, -0.15) is 0 Å². The van der Waals surface area contributed by atoms with Crippen LogP contribution in [0.2, 0.25) is 0 Å².